The molecule has 0 radical (unpaired) electrons. The van der Waals surface area contributed by atoms with Crippen LogP contribution in [0.5, 0.6) is 0 Å². The fraction of sp³-hybridized carbons (Fsp3) is 0.500. The Kier molecular flexibility index (Phi) is 4.41. The molecular formula is C18H23N3O2. The molecule has 0 amide bonds. The molecule has 2 fully saturated rings. The number of aromatic nitrogens is 1. The van der Waals surface area contributed by atoms with E-state index in [9.17, 15) is 0 Å². The first-order chi connectivity index (χ1) is 11.4. The summed E-state index contributed by atoms with van der Waals surface area (Å²) in [6.07, 6.45) is 6.87. The maximum absolute atomic E-state index is 6.08. The Bertz CT molecular complexity index is 602. The van der Waals surface area contributed by atoms with Crippen molar-refractivity contribution in [1.29, 1.82) is 0 Å². The van der Waals surface area contributed by atoms with E-state index in [-0.39, 0.29) is 0 Å². The van der Waals surface area contributed by atoms with Gasteiger partial charge in [0.1, 0.15) is 0 Å². The SMILES string of the molecule is c1ccc(CO[C@@H]2C[C@@H]3CN(Cc4ccoc4)CCN3C2)nc1. The molecule has 2 aliphatic rings. The lowest BCUT2D eigenvalue weighted by molar-refractivity contribution is 0.0440. The summed E-state index contributed by atoms with van der Waals surface area (Å²) in [6.45, 7) is 6.03. The first-order valence-corrected chi connectivity index (χ1v) is 8.36. The first kappa shape index (κ1) is 14.9. The van der Waals surface area contributed by atoms with Crippen LogP contribution < -0.4 is 0 Å². The molecule has 4 heterocycles. The Morgan fingerprint density at radius 3 is 3.04 bits per heavy atom. The van der Waals surface area contributed by atoms with Crippen LogP contribution in [0.15, 0.2) is 47.4 Å². The fourth-order valence-corrected chi connectivity index (χ4v) is 3.65. The Balaban J connectivity index is 1.27. The van der Waals surface area contributed by atoms with E-state index in [2.05, 4.69) is 20.9 Å². The molecule has 0 aromatic carbocycles. The van der Waals surface area contributed by atoms with Gasteiger partial charge in [0.15, 0.2) is 0 Å². The molecule has 2 aliphatic heterocycles. The molecule has 0 bridgehead atoms. The number of ether oxygens (including phenoxy) is 1. The Labute approximate surface area is 136 Å². The minimum atomic E-state index is 0.330. The van der Waals surface area contributed by atoms with Crippen LogP contribution >= 0.6 is 0 Å². The average Bonchev–Trinajstić information content (AvgIpc) is 3.23. The van der Waals surface area contributed by atoms with Gasteiger partial charge in [-0.05, 0) is 24.6 Å². The van der Waals surface area contributed by atoms with Crippen molar-refractivity contribution in [3.8, 4) is 0 Å². The summed E-state index contributed by atoms with van der Waals surface area (Å²) in [5, 5.41) is 0. The van der Waals surface area contributed by atoms with Crippen LogP contribution in [0, 0.1) is 0 Å². The molecule has 122 valence electrons. The predicted molar refractivity (Wildman–Crippen MR) is 86.8 cm³/mol. The predicted octanol–water partition coefficient (Wildman–Crippen LogP) is 2.15. The van der Waals surface area contributed by atoms with Crippen molar-refractivity contribution in [2.45, 2.75) is 31.7 Å². The van der Waals surface area contributed by atoms with Gasteiger partial charge < -0.3 is 9.15 Å². The molecule has 2 aromatic heterocycles. The summed E-state index contributed by atoms with van der Waals surface area (Å²) in [6, 6.07) is 8.64. The smallest absolute Gasteiger partial charge is 0.0947 e. The van der Waals surface area contributed by atoms with Gasteiger partial charge in [0.05, 0.1) is 30.9 Å². The van der Waals surface area contributed by atoms with E-state index >= 15 is 0 Å². The van der Waals surface area contributed by atoms with Gasteiger partial charge in [0.25, 0.3) is 0 Å². The van der Waals surface area contributed by atoms with Crippen LogP contribution in [-0.4, -0.2) is 53.1 Å². The zero-order chi connectivity index (χ0) is 15.5. The molecule has 5 heteroatoms. The van der Waals surface area contributed by atoms with E-state index in [1.807, 2.05) is 30.7 Å². The number of hydrogen-bond donors (Lipinski definition) is 0. The molecule has 4 rings (SSSR count). The molecule has 0 saturated carbocycles. The lowest BCUT2D eigenvalue weighted by atomic mass is 10.1. The monoisotopic (exact) mass is 313 g/mol. The molecule has 2 aromatic rings. The number of fused-ring (bicyclic) bond motifs is 1. The summed E-state index contributed by atoms with van der Waals surface area (Å²) in [5.74, 6) is 0. The van der Waals surface area contributed by atoms with Crippen molar-refractivity contribution in [2.75, 3.05) is 26.2 Å². The third-order valence-corrected chi connectivity index (χ3v) is 4.84. The van der Waals surface area contributed by atoms with E-state index in [0.29, 0.717) is 18.8 Å². The van der Waals surface area contributed by atoms with Crippen LogP contribution in [-0.2, 0) is 17.9 Å². The second kappa shape index (κ2) is 6.83. The van der Waals surface area contributed by atoms with Crippen LogP contribution in [0.4, 0.5) is 0 Å². The molecule has 5 nitrogen and oxygen atoms in total. The topological polar surface area (TPSA) is 41.7 Å². The number of rotatable bonds is 5. The highest BCUT2D eigenvalue weighted by Crippen LogP contribution is 2.25. The molecule has 0 spiro atoms. The largest absolute Gasteiger partial charge is 0.472 e. The molecule has 0 N–H and O–H groups in total. The van der Waals surface area contributed by atoms with E-state index in [1.165, 1.54) is 5.56 Å². The van der Waals surface area contributed by atoms with Crippen molar-refractivity contribution in [1.82, 2.24) is 14.8 Å². The van der Waals surface area contributed by atoms with Crippen molar-refractivity contribution in [3.63, 3.8) is 0 Å². The zero-order valence-electron chi connectivity index (χ0n) is 13.3. The Morgan fingerprint density at radius 2 is 2.22 bits per heavy atom. The number of hydrogen-bond acceptors (Lipinski definition) is 5. The summed E-state index contributed by atoms with van der Waals surface area (Å²) in [5.41, 5.74) is 2.28. The van der Waals surface area contributed by atoms with Crippen molar-refractivity contribution in [3.05, 3.63) is 54.2 Å². The molecular weight excluding hydrogens is 290 g/mol. The van der Waals surface area contributed by atoms with E-state index in [4.69, 9.17) is 9.15 Å². The Hall–Kier alpha value is -1.69. The first-order valence-electron chi connectivity index (χ1n) is 8.36. The second-order valence-corrected chi connectivity index (χ2v) is 6.51. The van der Waals surface area contributed by atoms with Crippen LogP contribution in [0.2, 0.25) is 0 Å². The van der Waals surface area contributed by atoms with Gasteiger partial charge in [-0.2, -0.15) is 0 Å². The van der Waals surface area contributed by atoms with Gasteiger partial charge in [-0.25, -0.2) is 0 Å². The van der Waals surface area contributed by atoms with Crippen LogP contribution in [0.25, 0.3) is 0 Å². The second-order valence-electron chi connectivity index (χ2n) is 6.51. The van der Waals surface area contributed by atoms with Crippen molar-refractivity contribution in [2.24, 2.45) is 0 Å². The summed E-state index contributed by atoms with van der Waals surface area (Å²) in [7, 11) is 0. The fourth-order valence-electron chi connectivity index (χ4n) is 3.65. The summed E-state index contributed by atoms with van der Waals surface area (Å²) >= 11 is 0. The number of furan rings is 1. The maximum atomic E-state index is 6.08. The van der Waals surface area contributed by atoms with Gasteiger partial charge in [0.2, 0.25) is 0 Å². The molecule has 23 heavy (non-hydrogen) atoms. The summed E-state index contributed by atoms with van der Waals surface area (Å²) in [4.78, 5) is 9.43. The molecule has 2 saturated heterocycles. The van der Waals surface area contributed by atoms with E-state index in [1.54, 1.807) is 6.26 Å². The number of nitrogens with zero attached hydrogens (tertiary/aromatic N) is 3. The van der Waals surface area contributed by atoms with Crippen molar-refractivity contribution < 1.29 is 9.15 Å². The van der Waals surface area contributed by atoms with Gasteiger partial charge in [-0.3, -0.25) is 14.8 Å². The van der Waals surface area contributed by atoms with E-state index < -0.39 is 0 Å². The number of piperazine rings is 1. The minimum absolute atomic E-state index is 0.330. The highest BCUT2D eigenvalue weighted by Gasteiger charge is 2.36. The van der Waals surface area contributed by atoms with E-state index in [0.717, 1.165) is 44.8 Å². The van der Waals surface area contributed by atoms with Gasteiger partial charge in [-0.15, -0.1) is 0 Å². The highest BCUT2D eigenvalue weighted by atomic mass is 16.5. The quantitative estimate of drug-likeness (QED) is 0.846. The average molecular weight is 313 g/mol. The number of pyridine rings is 1. The van der Waals surface area contributed by atoms with Crippen molar-refractivity contribution >= 4 is 0 Å². The maximum Gasteiger partial charge on any atom is 0.0947 e. The molecule has 0 unspecified atom stereocenters. The van der Waals surface area contributed by atoms with Crippen LogP contribution in [0.3, 0.4) is 0 Å². The van der Waals surface area contributed by atoms with Gasteiger partial charge in [0, 0.05) is 50.5 Å². The summed E-state index contributed by atoms with van der Waals surface area (Å²) < 4.78 is 11.3. The van der Waals surface area contributed by atoms with Gasteiger partial charge >= 0.3 is 0 Å². The zero-order valence-corrected chi connectivity index (χ0v) is 13.3. The van der Waals surface area contributed by atoms with Gasteiger partial charge in [-0.1, -0.05) is 6.07 Å². The minimum Gasteiger partial charge on any atom is -0.472 e. The highest BCUT2D eigenvalue weighted by molar-refractivity contribution is 5.06. The third kappa shape index (κ3) is 3.63. The molecule has 0 aliphatic carbocycles. The Morgan fingerprint density at radius 1 is 1.22 bits per heavy atom. The standard InChI is InChI=1S/C18H23N3O2/c1-2-5-19-16(3-1)14-23-18-9-17-11-20(6-7-21(17)12-18)10-15-4-8-22-13-15/h1-5,8,13,17-18H,6-7,9-12,14H2/t17-,18-/m1/s1. The lowest BCUT2D eigenvalue weighted by Crippen LogP contribution is -2.49. The third-order valence-electron chi connectivity index (χ3n) is 4.84. The lowest BCUT2D eigenvalue weighted by Gasteiger charge is -2.37. The normalized spacial score (nSPS) is 25.6. The molecule has 2 atom stereocenters. The van der Waals surface area contributed by atoms with Crippen LogP contribution in [0.1, 0.15) is 17.7 Å².